The molecule has 0 amide bonds. The van der Waals surface area contributed by atoms with Crippen LogP contribution in [-0.2, 0) is 7.05 Å². The third kappa shape index (κ3) is 2.31. The van der Waals surface area contributed by atoms with E-state index in [9.17, 15) is 4.79 Å². The minimum atomic E-state index is -0.218. The van der Waals surface area contributed by atoms with Gasteiger partial charge in [-0.3, -0.25) is 9.25 Å². The van der Waals surface area contributed by atoms with E-state index in [1.807, 2.05) is 0 Å². The number of hydrogen-bond acceptors (Lipinski definition) is 6. The third-order valence-corrected chi connectivity index (χ3v) is 4.44. The number of aromatic nitrogens is 5. The molecule has 0 saturated heterocycles. The Morgan fingerprint density at radius 1 is 1.57 bits per heavy atom. The van der Waals surface area contributed by atoms with E-state index in [-0.39, 0.29) is 17.6 Å². The van der Waals surface area contributed by atoms with Crippen LogP contribution in [0.2, 0.25) is 0 Å². The van der Waals surface area contributed by atoms with E-state index in [1.165, 1.54) is 11.8 Å². The molecular formula is C11H15N7O2S. The minimum Gasteiger partial charge on any atom is -0.409 e. The van der Waals surface area contributed by atoms with Crippen LogP contribution < -0.4 is 11.4 Å². The van der Waals surface area contributed by atoms with E-state index in [0.717, 1.165) is 12.8 Å². The fourth-order valence-corrected chi connectivity index (χ4v) is 3.32. The number of nitrogens with two attached hydrogens (primary N) is 1. The molecule has 0 spiro atoms. The summed E-state index contributed by atoms with van der Waals surface area (Å²) in [5, 5.41) is 24.0. The molecule has 0 bridgehead atoms. The van der Waals surface area contributed by atoms with E-state index < -0.39 is 0 Å². The highest BCUT2D eigenvalue weighted by Gasteiger charge is 2.30. The molecule has 21 heavy (non-hydrogen) atoms. The van der Waals surface area contributed by atoms with Crippen molar-refractivity contribution >= 4 is 17.6 Å². The summed E-state index contributed by atoms with van der Waals surface area (Å²) in [6.07, 6.45) is 1.95. The van der Waals surface area contributed by atoms with Gasteiger partial charge < -0.3 is 10.9 Å². The quantitative estimate of drug-likeness (QED) is 0.320. The average Bonchev–Trinajstić information content (AvgIpc) is 3.15. The van der Waals surface area contributed by atoms with Gasteiger partial charge in [-0.2, -0.15) is 5.10 Å². The molecule has 3 rings (SSSR count). The number of H-pyrrole nitrogens is 1. The van der Waals surface area contributed by atoms with Crippen molar-refractivity contribution in [3.05, 3.63) is 21.7 Å². The normalized spacial score (nSPS) is 15.6. The maximum atomic E-state index is 11.8. The highest BCUT2D eigenvalue weighted by molar-refractivity contribution is 7.99. The van der Waals surface area contributed by atoms with Crippen LogP contribution in [0.25, 0.3) is 0 Å². The third-order valence-electron chi connectivity index (χ3n) is 3.31. The zero-order chi connectivity index (χ0) is 15.1. The van der Waals surface area contributed by atoms with Gasteiger partial charge in [0.05, 0.1) is 11.3 Å². The zero-order valence-electron chi connectivity index (χ0n) is 11.6. The van der Waals surface area contributed by atoms with Gasteiger partial charge in [-0.15, -0.1) is 5.10 Å². The van der Waals surface area contributed by atoms with E-state index >= 15 is 0 Å². The Bertz CT molecular complexity index is 768. The molecule has 9 nitrogen and oxygen atoms in total. The molecule has 2 heterocycles. The van der Waals surface area contributed by atoms with Gasteiger partial charge in [-0.05, 0) is 31.5 Å². The largest absolute Gasteiger partial charge is 0.409 e. The second-order valence-corrected chi connectivity index (χ2v) is 5.84. The van der Waals surface area contributed by atoms with Gasteiger partial charge in [0.15, 0.2) is 11.0 Å². The van der Waals surface area contributed by atoms with Crippen LogP contribution in [0.1, 0.15) is 30.1 Å². The summed E-state index contributed by atoms with van der Waals surface area (Å²) < 4.78 is 3.27. The molecule has 1 saturated carbocycles. The molecule has 0 atom stereocenters. The second-order valence-electron chi connectivity index (χ2n) is 4.89. The van der Waals surface area contributed by atoms with Crippen LogP contribution in [-0.4, -0.2) is 35.6 Å². The van der Waals surface area contributed by atoms with E-state index in [0.29, 0.717) is 21.4 Å². The zero-order valence-corrected chi connectivity index (χ0v) is 12.4. The highest BCUT2D eigenvalue weighted by atomic mass is 32.2. The molecular weight excluding hydrogens is 294 g/mol. The maximum Gasteiger partial charge on any atom is 0.344 e. The molecule has 4 N–H and O–H groups in total. The Labute approximate surface area is 123 Å². The molecule has 1 aliphatic rings. The first-order valence-corrected chi connectivity index (χ1v) is 7.20. The Balaban J connectivity index is 2.05. The molecule has 112 valence electrons. The minimum absolute atomic E-state index is 0.0149. The summed E-state index contributed by atoms with van der Waals surface area (Å²) in [4.78, 5) is 11.8. The molecule has 2 aromatic heterocycles. The summed E-state index contributed by atoms with van der Waals surface area (Å²) in [5.41, 5.74) is 6.69. The van der Waals surface area contributed by atoms with Gasteiger partial charge in [-0.25, -0.2) is 9.89 Å². The topological polar surface area (TPSA) is 127 Å². The fourth-order valence-electron chi connectivity index (χ4n) is 2.20. The van der Waals surface area contributed by atoms with Gasteiger partial charge in [0.25, 0.3) is 0 Å². The lowest BCUT2D eigenvalue weighted by Gasteiger charge is -2.06. The standard InChI is InChI=1S/C11H15N7O2S/c1-5-7(8(12)16-20)9(17(2)15-5)21-11-14-13-10(19)18(11)6-3-4-6/h6,20H,3-4H2,1-2H3,(H2,12,16)(H,13,19). The summed E-state index contributed by atoms with van der Waals surface area (Å²) in [5.74, 6) is -0.0149. The van der Waals surface area contributed by atoms with Crippen LogP contribution in [0.3, 0.4) is 0 Å². The lowest BCUT2D eigenvalue weighted by atomic mass is 10.2. The molecule has 0 aromatic carbocycles. The average molecular weight is 309 g/mol. The van der Waals surface area contributed by atoms with Crippen LogP contribution in [0.15, 0.2) is 20.1 Å². The van der Waals surface area contributed by atoms with Gasteiger partial charge in [0, 0.05) is 13.1 Å². The molecule has 0 unspecified atom stereocenters. The molecule has 1 fully saturated rings. The molecule has 1 aliphatic carbocycles. The van der Waals surface area contributed by atoms with Crippen molar-refractivity contribution in [1.29, 1.82) is 0 Å². The van der Waals surface area contributed by atoms with E-state index in [1.54, 1.807) is 23.2 Å². The van der Waals surface area contributed by atoms with Crippen molar-refractivity contribution in [3.8, 4) is 0 Å². The van der Waals surface area contributed by atoms with Crippen LogP contribution in [0, 0.1) is 6.92 Å². The highest BCUT2D eigenvalue weighted by Crippen LogP contribution is 2.38. The predicted octanol–water partition coefficient (Wildman–Crippen LogP) is 0.194. The van der Waals surface area contributed by atoms with Crippen molar-refractivity contribution in [2.45, 2.75) is 36.0 Å². The van der Waals surface area contributed by atoms with Crippen molar-refractivity contribution in [3.63, 3.8) is 0 Å². The lowest BCUT2D eigenvalue weighted by molar-refractivity contribution is 0.318. The van der Waals surface area contributed by atoms with Crippen LogP contribution in [0.5, 0.6) is 0 Å². The Morgan fingerprint density at radius 2 is 2.29 bits per heavy atom. The Kier molecular flexibility index (Phi) is 3.24. The number of nitrogens with one attached hydrogen (secondary N) is 1. The van der Waals surface area contributed by atoms with E-state index in [4.69, 9.17) is 10.9 Å². The monoisotopic (exact) mass is 309 g/mol. The summed E-state index contributed by atoms with van der Waals surface area (Å²) in [6.45, 7) is 1.77. The van der Waals surface area contributed by atoms with Gasteiger partial charge >= 0.3 is 5.69 Å². The number of aryl methyl sites for hydroxylation is 2. The second kappa shape index (κ2) is 4.95. The van der Waals surface area contributed by atoms with Crippen molar-refractivity contribution in [1.82, 2.24) is 24.5 Å². The maximum absolute atomic E-state index is 11.8. The first-order valence-electron chi connectivity index (χ1n) is 6.39. The van der Waals surface area contributed by atoms with Gasteiger partial charge in [0.2, 0.25) is 0 Å². The van der Waals surface area contributed by atoms with Gasteiger partial charge in [-0.1, -0.05) is 5.16 Å². The Morgan fingerprint density at radius 3 is 2.90 bits per heavy atom. The molecule has 0 aliphatic heterocycles. The van der Waals surface area contributed by atoms with Gasteiger partial charge in [0.1, 0.15) is 5.03 Å². The number of oxime groups is 1. The molecule has 0 radical (unpaired) electrons. The first kappa shape index (κ1) is 13.7. The first-order chi connectivity index (χ1) is 10.0. The predicted molar refractivity (Wildman–Crippen MR) is 75.7 cm³/mol. The number of hydrogen-bond donors (Lipinski definition) is 3. The van der Waals surface area contributed by atoms with Crippen molar-refractivity contribution in [2.75, 3.05) is 0 Å². The summed E-state index contributed by atoms with van der Waals surface area (Å²) in [7, 11) is 1.76. The van der Waals surface area contributed by atoms with Crippen LogP contribution >= 0.6 is 11.8 Å². The number of rotatable bonds is 4. The summed E-state index contributed by atoms with van der Waals surface area (Å²) in [6, 6.07) is 0.209. The summed E-state index contributed by atoms with van der Waals surface area (Å²) >= 11 is 1.27. The number of amidine groups is 1. The van der Waals surface area contributed by atoms with Crippen molar-refractivity contribution < 1.29 is 5.21 Å². The smallest absolute Gasteiger partial charge is 0.344 e. The van der Waals surface area contributed by atoms with E-state index in [2.05, 4.69) is 20.5 Å². The molecule has 2 aromatic rings. The lowest BCUT2D eigenvalue weighted by Crippen LogP contribution is -2.17. The fraction of sp³-hybridized carbons (Fsp3) is 0.455. The van der Waals surface area contributed by atoms with Crippen molar-refractivity contribution in [2.24, 2.45) is 17.9 Å². The SMILES string of the molecule is Cc1nn(C)c(Sc2n[nH]c(=O)n2C2CC2)c1C(N)=NO. The Hall–Kier alpha value is -2.23. The number of nitrogens with zero attached hydrogens (tertiary/aromatic N) is 5. The number of aromatic amines is 1. The molecule has 10 heteroatoms. The van der Waals surface area contributed by atoms with Crippen LogP contribution in [0.4, 0.5) is 0 Å².